The van der Waals surface area contributed by atoms with Crippen LogP contribution in [0.15, 0.2) is 30.5 Å². The molecule has 0 atom stereocenters. The molecule has 18 heavy (non-hydrogen) atoms. The van der Waals surface area contributed by atoms with E-state index in [1.807, 2.05) is 6.07 Å². The molecule has 0 radical (unpaired) electrons. The third-order valence-electron chi connectivity index (χ3n) is 2.80. The third kappa shape index (κ3) is 2.12. The minimum atomic E-state index is -0.979. The quantitative estimate of drug-likeness (QED) is 0.852. The average molecular weight is 246 g/mol. The Labute approximate surface area is 104 Å². The van der Waals surface area contributed by atoms with Crippen LogP contribution in [-0.2, 0) is 0 Å². The van der Waals surface area contributed by atoms with Gasteiger partial charge in [0.25, 0.3) is 0 Å². The van der Waals surface area contributed by atoms with Crippen LogP contribution < -0.4 is 4.90 Å². The molecule has 0 aliphatic rings. The van der Waals surface area contributed by atoms with Gasteiger partial charge in [-0.3, -0.25) is 0 Å². The summed E-state index contributed by atoms with van der Waals surface area (Å²) in [5.41, 5.74) is 0.223. The van der Waals surface area contributed by atoms with Gasteiger partial charge in [0.05, 0.1) is 12.2 Å². The van der Waals surface area contributed by atoms with Crippen LogP contribution in [0.5, 0.6) is 0 Å². The van der Waals surface area contributed by atoms with Crippen LogP contribution in [-0.4, -0.2) is 41.4 Å². The Bertz CT molecular complexity index is 578. The highest BCUT2D eigenvalue weighted by atomic mass is 16.4. The van der Waals surface area contributed by atoms with Crippen molar-refractivity contribution in [1.29, 1.82) is 0 Å². The van der Waals surface area contributed by atoms with Gasteiger partial charge in [0, 0.05) is 25.2 Å². The summed E-state index contributed by atoms with van der Waals surface area (Å²) in [6.45, 7) is 0.393. The van der Waals surface area contributed by atoms with Crippen molar-refractivity contribution in [2.75, 3.05) is 25.1 Å². The molecule has 0 spiro atoms. The normalized spacial score (nSPS) is 10.6. The minimum Gasteiger partial charge on any atom is -0.478 e. The average Bonchev–Trinajstić information content (AvgIpc) is 2.37. The van der Waals surface area contributed by atoms with Crippen molar-refractivity contribution in [3.63, 3.8) is 0 Å². The van der Waals surface area contributed by atoms with E-state index in [9.17, 15) is 9.90 Å². The summed E-state index contributed by atoms with van der Waals surface area (Å²) < 4.78 is 0. The molecule has 5 heteroatoms. The van der Waals surface area contributed by atoms with Crippen LogP contribution in [0, 0.1) is 0 Å². The standard InChI is InChI=1S/C13H14N2O3/c1-15(7-8-16)12-11-9(5-6-14-12)3-2-4-10(11)13(17)18/h2-6,16H,7-8H2,1H3,(H,17,18). The number of aliphatic hydroxyl groups is 1. The molecule has 1 aromatic heterocycles. The summed E-state index contributed by atoms with van der Waals surface area (Å²) in [5, 5.41) is 19.6. The molecule has 0 unspecified atom stereocenters. The Morgan fingerprint density at radius 2 is 2.17 bits per heavy atom. The maximum Gasteiger partial charge on any atom is 0.336 e. The molecule has 0 amide bonds. The Kier molecular flexibility index (Phi) is 3.43. The zero-order chi connectivity index (χ0) is 13.1. The fourth-order valence-corrected chi connectivity index (χ4v) is 1.93. The SMILES string of the molecule is CN(CCO)c1nccc2cccc(C(=O)O)c12. The highest BCUT2D eigenvalue weighted by Gasteiger charge is 2.14. The van der Waals surface area contributed by atoms with E-state index < -0.39 is 5.97 Å². The number of anilines is 1. The lowest BCUT2D eigenvalue weighted by atomic mass is 10.1. The number of carboxylic acids is 1. The first-order valence-electron chi connectivity index (χ1n) is 5.58. The number of aromatic nitrogens is 1. The molecule has 0 aliphatic carbocycles. The molecule has 1 heterocycles. The molecular weight excluding hydrogens is 232 g/mol. The minimum absolute atomic E-state index is 0.0101. The van der Waals surface area contributed by atoms with Gasteiger partial charge in [0.2, 0.25) is 0 Å². The summed E-state index contributed by atoms with van der Waals surface area (Å²) in [5.74, 6) is -0.410. The summed E-state index contributed by atoms with van der Waals surface area (Å²) in [6, 6.07) is 6.89. The van der Waals surface area contributed by atoms with Crippen molar-refractivity contribution < 1.29 is 15.0 Å². The van der Waals surface area contributed by atoms with E-state index in [0.29, 0.717) is 17.7 Å². The van der Waals surface area contributed by atoms with Crippen molar-refractivity contribution in [2.24, 2.45) is 0 Å². The summed E-state index contributed by atoms with van der Waals surface area (Å²) in [7, 11) is 1.77. The van der Waals surface area contributed by atoms with Crippen molar-refractivity contribution in [2.45, 2.75) is 0 Å². The van der Waals surface area contributed by atoms with Gasteiger partial charge in [0.15, 0.2) is 0 Å². The van der Waals surface area contributed by atoms with Crippen molar-refractivity contribution in [3.8, 4) is 0 Å². The zero-order valence-electron chi connectivity index (χ0n) is 10.00. The van der Waals surface area contributed by atoms with Gasteiger partial charge < -0.3 is 15.1 Å². The molecule has 0 aliphatic heterocycles. The second-order valence-electron chi connectivity index (χ2n) is 3.99. The largest absolute Gasteiger partial charge is 0.478 e. The number of pyridine rings is 1. The van der Waals surface area contributed by atoms with E-state index in [1.54, 1.807) is 36.3 Å². The van der Waals surface area contributed by atoms with Crippen LogP contribution in [0.1, 0.15) is 10.4 Å². The maximum absolute atomic E-state index is 11.3. The van der Waals surface area contributed by atoms with E-state index in [2.05, 4.69) is 4.98 Å². The monoisotopic (exact) mass is 246 g/mol. The Morgan fingerprint density at radius 3 is 2.83 bits per heavy atom. The number of aliphatic hydroxyl groups excluding tert-OH is 1. The number of benzene rings is 1. The van der Waals surface area contributed by atoms with Crippen molar-refractivity contribution >= 4 is 22.6 Å². The number of aromatic carboxylic acids is 1. The molecule has 2 rings (SSSR count). The van der Waals surface area contributed by atoms with Crippen LogP contribution >= 0.6 is 0 Å². The Hall–Kier alpha value is -2.14. The van der Waals surface area contributed by atoms with Gasteiger partial charge in [0.1, 0.15) is 5.82 Å². The summed E-state index contributed by atoms with van der Waals surface area (Å²) in [4.78, 5) is 17.2. The van der Waals surface area contributed by atoms with Crippen LogP contribution in [0.4, 0.5) is 5.82 Å². The predicted octanol–water partition coefficient (Wildman–Crippen LogP) is 1.36. The number of carboxylic acid groups (broad SMARTS) is 1. The number of likely N-dealkylation sites (N-methyl/N-ethyl adjacent to an activating group) is 1. The highest BCUT2D eigenvalue weighted by molar-refractivity contribution is 6.08. The lowest BCUT2D eigenvalue weighted by Gasteiger charge is -2.19. The fourth-order valence-electron chi connectivity index (χ4n) is 1.93. The number of nitrogens with zero attached hydrogens (tertiary/aromatic N) is 2. The lowest BCUT2D eigenvalue weighted by molar-refractivity contribution is 0.0699. The highest BCUT2D eigenvalue weighted by Crippen LogP contribution is 2.27. The van der Waals surface area contributed by atoms with E-state index in [-0.39, 0.29) is 12.2 Å². The van der Waals surface area contributed by atoms with Crippen LogP contribution in [0.25, 0.3) is 10.8 Å². The predicted molar refractivity (Wildman–Crippen MR) is 69.1 cm³/mol. The summed E-state index contributed by atoms with van der Waals surface area (Å²) >= 11 is 0. The first-order chi connectivity index (χ1) is 8.65. The van der Waals surface area contributed by atoms with Gasteiger partial charge in [-0.1, -0.05) is 12.1 Å². The van der Waals surface area contributed by atoms with Gasteiger partial charge in [-0.15, -0.1) is 0 Å². The maximum atomic E-state index is 11.3. The fraction of sp³-hybridized carbons (Fsp3) is 0.231. The topological polar surface area (TPSA) is 73.7 Å². The molecule has 0 bridgehead atoms. The zero-order valence-corrected chi connectivity index (χ0v) is 10.00. The molecule has 1 aromatic carbocycles. The number of rotatable bonds is 4. The third-order valence-corrected chi connectivity index (χ3v) is 2.80. The van der Waals surface area contributed by atoms with Gasteiger partial charge >= 0.3 is 5.97 Å². The Balaban J connectivity index is 2.69. The Morgan fingerprint density at radius 1 is 1.39 bits per heavy atom. The molecule has 5 nitrogen and oxygen atoms in total. The molecule has 2 aromatic rings. The lowest BCUT2D eigenvalue weighted by Crippen LogP contribution is -2.22. The van der Waals surface area contributed by atoms with E-state index in [0.717, 1.165) is 5.39 Å². The van der Waals surface area contributed by atoms with Crippen LogP contribution in [0.2, 0.25) is 0 Å². The molecule has 2 N–H and O–H groups in total. The van der Waals surface area contributed by atoms with E-state index in [1.165, 1.54) is 0 Å². The number of fused-ring (bicyclic) bond motifs is 1. The van der Waals surface area contributed by atoms with E-state index in [4.69, 9.17) is 5.11 Å². The molecule has 0 saturated carbocycles. The molecular formula is C13H14N2O3. The molecule has 0 saturated heterocycles. The smallest absolute Gasteiger partial charge is 0.336 e. The molecule has 0 fully saturated rings. The first kappa shape index (κ1) is 12.3. The van der Waals surface area contributed by atoms with Gasteiger partial charge in [-0.25, -0.2) is 9.78 Å². The van der Waals surface area contributed by atoms with Gasteiger partial charge in [-0.05, 0) is 17.5 Å². The number of carbonyl (C=O) groups is 1. The number of hydrogen-bond acceptors (Lipinski definition) is 4. The number of hydrogen-bond donors (Lipinski definition) is 2. The second kappa shape index (κ2) is 5.01. The summed E-state index contributed by atoms with van der Waals surface area (Å²) in [6.07, 6.45) is 1.64. The molecule has 94 valence electrons. The second-order valence-corrected chi connectivity index (χ2v) is 3.99. The van der Waals surface area contributed by atoms with Crippen LogP contribution in [0.3, 0.4) is 0 Å². The van der Waals surface area contributed by atoms with Crippen molar-refractivity contribution in [3.05, 3.63) is 36.0 Å². The van der Waals surface area contributed by atoms with Crippen molar-refractivity contribution in [1.82, 2.24) is 4.98 Å². The van der Waals surface area contributed by atoms with E-state index >= 15 is 0 Å². The first-order valence-corrected chi connectivity index (χ1v) is 5.58. The van der Waals surface area contributed by atoms with Gasteiger partial charge in [-0.2, -0.15) is 0 Å².